The minimum Gasteiger partial charge on any atom is -0.394 e. The van der Waals surface area contributed by atoms with Crippen molar-refractivity contribution in [2.45, 2.75) is 0 Å². The van der Waals surface area contributed by atoms with E-state index in [4.69, 9.17) is 10.2 Å². The molecule has 0 rings (SSSR count). The maximum absolute atomic E-state index is 7.62. The smallest absolute Gasteiger partial charge is 0.0662 e. The van der Waals surface area contributed by atoms with E-state index in [-0.39, 0.29) is 150 Å². The van der Waals surface area contributed by atoms with Crippen LogP contribution < -0.4 is 0 Å². The molecule has 76 valence electrons. The van der Waals surface area contributed by atoms with Gasteiger partial charge in [-0.2, -0.15) is 0 Å². The first-order valence-corrected chi connectivity index (χ1v) is 1.13. The fourth-order valence-corrected chi connectivity index (χ4v) is 0. The van der Waals surface area contributed by atoms with Gasteiger partial charge in [-0.25, -0.2) is 0 Å². The summed E-state index contributed by atoms with van der Waals surface area (Å²) in [5.41, 5.74) is 0. The van der Waals surface area contributed by atoms with Crippen LogP contribution in [-0.4, -0.2) is 23.4 Å². The van der Waals surface area contributed by atoms with Crippen LogP contribution in [0.2, 0.25) is 0 Å². The van der Waals surface area contributed by atoms with E-state index in [0.29, 0.717) is 0 Å². The van der Waals surface area contributed by atoms with Crippen LogP contribution >= 0.6 is 0 Å². The van der Waals surface area contributed by atoms with Crippen molar-refractivity contribution < 1.29 is 118 Å². The fourth-order valence-electron chi connectivity index (χ4n) is 0. The van der Waals surface area contributed by atoms with Crippen LogP contribution in [0.1, 0.15) is 0 Å². The van der Waals surface area contributed by atoms with Crippen LogP contribution in [0, 0.1) is 29.7 Å². The van der Waals surface area contributed by atoms with Crippen LogP contribution in [-0.2, 0) is 108 Å². The van der Waals surface area contributed by atoms with Gasteiger partial charge < -0.3 is 39.9 Å². The average Bonchev–Trinajstić information content (AvgIpc) is 1.37. The molecule has 2 radical (unpaired) electrons. The Labute approximate surface area is 158 Å². The molecule has 0 unspecified atom stereocenters. The molecule has 2 nitrogen and oxygen atoms in total. The quantitative estimate of drug-likeness (QED) is 0.406. The molecule has 0 aromatic carbocycles. The monoisotopic (exact) mass is 668 g/mol. The SMILES string of the molecule is OCCO.[CH3-].[CH3-].[CH3-].[CH3-].[W].[W].[Y].[Y]. The summed E-state index contributed by atoms with van der Waals surface area (Å²) in [6.45, 7) is -0.250. The van der Waals surface area contributed by atoms with Crippen molar-refractivity contribution in [1.29, 1.82) is 0 Å². The van der Waals surface area contributed by atoms with E-state index in [2.05, 4.69) is 0 Å². The molecule has 0 heterocycles. The molecule has 0 aliphatic carbocycles. The van der Waals surface area contributed by atoms with Gasteiger partial charge in [0.2, 0.25) is 0 Å². The molecule has 0 fully saturated rings. The summed E-state index contributed by atoms with van der Waals surface area (Å²) in [4.78, 5) is 0. The van der Waals surface area contributed by atoms with Crippen LogP contribution in [0.5, 0.6) is 0 Å². The molecule has 0 amide bonds. The van der Waals surface area contributed by atoms with Gasteiger partial charge >= 0.3 is 0 Å². The van der Waals surface area contributed by atoms with Crippen molar-refractivity contribution in [1.82, 2.24) is 0 Å². The minimum atomic E-state index is -0.125. The van der Waals surface area contributed by atoms with Gasteiger partial charge in [0.25, 0.3) is 0 Å². The molecule has 12 heavy (non-hydrogen) atoms. The van der Waals surface area contributed by atoms with Gasteiger partial charge in [0.05, 0.1) is 13.2 Å². The molecule has 0 atom stereocenters. The normalized spacial score (nSPS) is 2.50. The zero-order valence-electron chi connectivity index (χ0n) is 8.28. The summed E-state index contributed by atoms with van der Waals surface area (Å²) < 4.78 is 0. The summed E-state index contributed by atoms with van der Waals surface area (Å²) in [5.74, 6) is 0. The van der Waals surface area contributed by atoms with Gasteiger partial charge in [-0.15, -0.1) is 0 Å². The first-order chi connectivity index (χ1) is 1.91. The van der Waals surface area contributed by atoms with Crippen molar-refractivity contribution in [2.24, 2.45) is 0 Å². The first-order valence-electron chi connectivity index (χ1n) is 1.13. The molecule has 0 aliphatic rings. The van der Waals surface area contributed by atoms with Crippen LogP contribution in [0.4, 0.5) is 0 Å². The van der Waals surface area contributed by atoms with Crippen molar-refractivity contribution in [3.63, 3.8) is 0 Å². The second-order valence-electron chi connectivity index (χ2n) is 0.447. The number of hydrogen-bond donors (Lipinski definition) is 2. The molecule has 0 aliphatic heterocycles. The van der Waals surface area contributed by atoms with E-state index >= 15 is 0 Å². The topological polar surface area (TPSA) is 40.5 Å². The van der Waals surface area contributed by atoms with E-state index < -0.39 is 0 Å². The Morgan fingerprint density at radius 2 is 0.667 bits per heavy atom. The Morgan fingerprint density at radius 1 is 0.583 bits per heavy atom. The molecule has 6 heteroatoms. The zero-order chi connectivity index (χ0) is 3.41. The molecule has 2 N–H and O–H groups in total. The molecule has 0 spiro atoms. The number of hydrogen-bond acceptors (Lipinski definition) is 2. The standard InChI is InChI=1S/C2H6O2.4CH3.2W.2Y/c3-1-2-4;;;;;;;;/h3-4H,1-2H2;4*1H3;;;;/q;4*-1;;;;. The summed E-state index contributed by atoms with van der Waals surface area (Å²) >= 11 is 0. The van der Waals surface area contributed by atoms with Gasteiger partial charge in [0.1, 0.15) is 0 Å². The van der Waals surface area contributed by atoms with Gasteiger partial charge in [-0.3, -0.25) is 0 Å². The van der Waals surface area contributed by atoms with Crippen LogP contribution in [0.25, 0.3) is 0 Å². The molecular weight excluding hydrogens is 650 g/mol. The van der Waals surface area contributed by atoms with Crippen LogP contribution in [0.15, 0.2) is 0 Å². The molecular formula is C6H18O2W2Y2-4. The van der Waals surface area contributed by atoms with Crippen molar-refractivity contribution in [2.75, 3.05) is 13.2 Å². The summed E-state index contributed by atoms with van der Waals surface area (Å²) in [6, 6.07) is 0. The molecule has 0 saturated heterocycles. The summed E-state index contributed by atoms with van der Waals surface area (Å²) in [6.07, 6.45) is 0. The number of aliphatic hydroxyl groups excluding tert-OH is 2. The van der Waals surface area contributed by atoms with Crippen molar-refractivity contribution in [3.8, 4) is 0 Å². The van der Waals surface area contributed by atoms with Gasteiger partial charge in [0.15, 0.2) is 0 Å². The molecule has 0 aromatic rings. The van der Waals surface area contributed by atoms with Crippen LogP contribution in [0.3, 0.4) is 0 Å². The number of rotatable bonds is 1. The van der Waals surface area contributed by atoms with E-state index in [1.165, 1.54) is 0 Å². The Bertz CT molecular complexity index is 23.5. The van der Waals surface area contributed by atoms with E-state index in [0.717, 1.165) is 0 Å². The zero-order valence-corrected chi connectivity index (χ0v) is 19.8. The number of aliphatic hydroxyl groups is 2. The van der Waals surface area contributed by atoms with Gasteiger partial charge in [0, 0.05) is 108 Å². The minimum absolute atomic E-state index is 0. The first kappa shape index (κ1) is 77.1. The Hall–Kier alpha value is 3.50. The third-order valence-electron chi connectivity index (χ3n) is 0.1000. The molecule has 0 saturated carbocycles. The summed E-state index contributed by atoms with van der Waals surface area (Å²) in [5, 5.41) is 15.2. The predicted octanol–water partition coefficient (Wildman–Crippen LogP) is 0.762. The van der Waals surface area contributed by atoms with Crippen molar-refractivity contribution in [3.05, 3.63) is 29.7 Å². The molecule has 0 aromatic heterocycles. The Balaban J connectivity index is -0.00000000161. The second kappa shape index (κ2) is 87.3. The Morgan fingerprint density at radius 3 is 0.667 bits per heavy atom. The van der Waals surface area contributed by atoms with E-state index in [1.807, 2.05) is 0 Å². The Kier molecular flexibility index (Phi) is 561. The largest absolute Gasteiger partial charge is 0.394 e. The average molecular weight is 668 g/mol. The maximum Gasteiger partial charge on any atom is 0.0662 e. The third kappa shape index (κ3) is 104. The molecule has 0 bridgehead atoms. The predicted molar refractivity (Wildman–Crippen MR) is 39.8 cm³/mol. The van der Waals surface area contributed by atoms with Crippen molar-refractivity contribution >= 4 is 0 Å². The fraction of sp³-hybridized carbons (Fsp3) is 0.333. The third-order valence-corrected chi connectivity index (χ3v) is 0.1000. The summed E-state index contributed by atoms with van der Waals surface area (Å²) in [7, 11) is 0. The second-order valence-corrected chi connectivity index (χ2v) is 0.447. The van der Waals surface area contributed by atoms with Gasteiger partial charge in [-0.1, -0.05) is 0 Å². The van der Waals surface area contributed by atoms with E-state index in [9.17, 15) is 0 Å². The van der Waals surface area contributed by atoms with E-state index in [1.54, 1.807) is 0 Å². The van der Waals surface area contributed by atoms with Gasteiger partial charge in [-0.05, 0) is 0 Å². The maximum atomic E-state index is 7.62.